The van der Waals surface area contributed by atoms with Crippen molar-refractivity contribution in [2.24, 2.45) is 0 Å². The van der Waals surface area contributed by atoms with Crippen LogP contribution in [0.2, 0.25) is 0 Å². The first-order valence-corrected chi connectivity index (χ1v) is 27.8. The van der Waals surface area contributed by atoms with Crippen LogP contribution in [-0.4, -0.2) is 12.3 Å². The van der Waals surface area contributed by atoms with E-state index in [1.165, 1.54) is 140 Å². The van der Waals surface area contributed by atoms with Crippen LogP contribution in [0, 0.1) is 13.8 Å². The number of nitrogens with zero attached hydrogens (tertiary/aromatic N) is 3. The Morgan fingerprint density at radius 2 is 1.05 bits per heavy atom. The van der Waals surface area contributed by atoms with E-state index >= 15 is 0 Å². The standard InChI is InChI=1S/C68H72BN3O/c1-41-22-27-54-51(34-41)67(11)28-15-16-29-68(67,12)72(54)44-24-26-52-56(38-44)71(55-20-17-19-46-45-18-13-14-21-60(45)73-62(46)55)59-36-42(2)35-58-61(59)69(52)53-39-49-50(66(9,10)33-32-65(49,7)8)40-57(53)70(58)43-23-25-47-48(37-43)64(5,6)31-30-63(47,3)4/h13-14,17-27,34-40H,15-16,28-33H2,1-12H3. The van der Waals surface area contributed by atoms with Crippen LogP contribution in [-0.2, 0) is 27.1 Å². The summed E-state index contributed by atoms with van der Waals surface area (Å²) < 4.78 is 7.06. The van der Waals surface area contributed by atoms with Gasteiger partial charge in [0.1, 0.15) is 5.58 Å². The Hall–Kier alpha value is -6.20. The zero-order chi connectivity index (χ0) is 50.5. The van der Waals surface area contributed by atoms with E-state index in [9.17, 15) is 0 Å². The van der Waals surface area contributed by atoms with Crippen LogP contribution in [0.5, 0.6) is 0 Å². The predicted octanol–water partition coefficient (Wildman–Crippen LogP) is 16.7. The van der Waals surface area contributed by atoms with Gasteiger partial charge in [-0.05, 0) is 191 Å². The summed E-state index contributed by atoms with van der Waals surface area (Å²) in [5.74, 6) is 0. The molecule has 8 aromatic rings. The molecule has 0 amide bonds. The molecule has 14 rings (SSSR count). The van der Waals surface area contributed by atoms with Gasteiger partial charge in [0.25, 0.3) is 6.71 Å². The van der Waals surface area contributed by atoms with E-state index in [-0.39, 0.29) is 39.3 Å². The first-order valence-electron chi connectivity index (χ1n) is 27.8. The van der Waals surface area contributed by atoms with Gasteiger partial charge in [0.05, 0.1) is 11.2 Å². The highest BCUT2D eigenvalue weighted by Gasteiger charge is 2.58. The maximum atomic E-state index is 7.06. The highest BCUT2D eigenvalue weighted by atomic mass is 16.3. The van der Waals surface area contributed by atoms with Gasteiger partial charge in [-0.15, -0.1) is 0 Å². The minimum atomic E-state index is -0.0798. The van der Waals surface area contributed by atoms with Gasteiger partial charge in [-0.1, -0.05) is 141 Å². The molecule has 4 heterocycles. The summed E-state index contributed by atoms with van der Waals surface area (Å²) in [5.41, 5.74) is 26.3. The molecule has 368 valence electrons. The Morgan fingerprint density at radius 3 is 1.81 bits per heavy atom. The second-order valence-corrected chi connectivity index (χ2v) is 26.7. The predicted molar refractivity (Wildman–Crippen MR) is 311 cm³/mol. The van der Waals surface area contributed by atoms with Gasteiger partial charge < -0.3 is 19.1 Å². The molecule has 0 radical (unpaired) electrons. The minimum absolute atomic E-state index is 0.00443. The summed E-state index contributed by atoms with van der Waals surface area (Å²) in [6, 6.07) is 48.2. The maximum absolute atomic E-state index is 7.06. The van der Waals surface area contributed by atoms with E-state index in [4.69, 9.17) is 4.42 Å². The van der Waals surface area contributed by atoms with Crippen LogP contribution in [0.3, 0.4) is 0 Å². The van der Waals surface area contributed by atoms with Crippen molar-refractivity contribution in [2.45, 2.75) is 167 Å². The number of anilines is 8. The highest BCUT2D eigenvalue weighted by molar-refractivity contribution is 7.00. The van der Waals surface area contributed by atoms with E-state index in [2.05, 4.69) is 219 Å². The van der Waals surface area contributed by atoms with Gasteiger partial charge >= 0.3 is 0 Å². The number of rotatable bonds is 3. The molecule has 3 aliphatic carbocycles. The summed E-state index contributed by atoms with van der Waals surface area (Å²) >= 11 is 0. The van der Waals surface area contributed by atoms with Crippen LogP contribution < -0.4 is 31.1 Å². The number of hydrogen-bond acceptors (Lipinski definition) is 4. The van der Waals surface area contributed by atoms with Crippen LogP contribution in [0.25, 0.3) is 21.9 Å². The average Bonchev–Trinajstić information content (AvgIpc) is 3.85. The molecule has 0 N–H and O–H groups in total. The zero-order valence-corrected chi connectivity index (χ0v) is 45.5. The molecule has 4 nitrogen and oxygen atoms in total. The quantitative estimate of drug-likeness (QED) is 0.165. The lowest BCUT2D eigenvalue weighted by atomic mass is 9.33. The third-order valence-electron chi connectivity index (χ3n) is 20.4. The third-order valence-corrected chi connectivity index (χ3v) is 20.4. The third kappa shape index (κ3) is 6.09. The van der Waals surface area contributed by atoms with Gasteiger partial charge in [-0.2, -0.15) is 0 Å². The summed E-state index contributed by atoms with van der Waals surface area (Å²) in [5, 5.41) is 2.30. The maximum Gasteiger partial charge on any atom is 0.252 e. The number of hydrogen-bond donors (Lipinski definition) is 0. The van der Waals surface area contributed by atoms with Crippen LogP contribution in [0.15, 0.2) is 126 Å². The van der Waals surface area contributed by atoms with Crippen molar-refractivity contribution in [2.75, 3.05) is 14.7 Å². The van der Waals surface area contributed by atoms with Gasteiger partial charge in [0.2, 0.25) is 0 Å². The molecular weight excluding hydrogens is 886 g/mol. The first-order chi connectivity index (χ1) is 34.7. The second kappa shape index (κ2) is 14.8. The molecule has 0 saturated heterocycles. The summed E-state index contributed by atoms with van der Waals surface area (Å²) in [7, 11) is 0. The molecule has 7 aromatic carbocycles. The van der Waals surface area contributed by atoms with E-state index < -0.39 is 0 Å². The molecule has 1 saturated carbocycles. The normalized spacial score (nSPS) is 23.3. The number of aryl methyl sites for hydroxylation is 2. The lowest BCUT2D eigenvalue weighted by molar-refractivity contribution is 0.195. The average molecular weight is 958 g/mol. The van der Waals surface area contributed by atoms with Crippen molar-refractivity contribution in [1.82, 2.24) is 0 Å². The number of para-hydroxylation sites is 2. The van der Waals surface area contributed by atoms with Gasteiger partial charge in [0, 0.05) is 56.0 Å². The molecule has 3 aliphatic heterocycles. The van der Waals surface area contributed by atoms with Crippen molar-refractivity contribution in [3.8, 4) is 0 Å². The van der Waals surface area contributed by atoms with Crippen LogP contribution in [0.1, 0.15) is 160 Å². The Morgan fingerprint density at radius 1 is 0.425 bits per heavy atom. The van der Waals surface area contributed by atoms with Gasteiger partial charge in [-0.25, -0.2) is 0 Å². The summed E-state index contributed by atoms with van der Waals surface area (Å²) in [4.78, 5) is 8.09. The fourth-order valence-corrected chi connectivity index (χ4v) is 15.7. The number of benzene rings is 7. The van der Waals surface area contributed by atoms with E-state index in [1.54, 1.807) is 0 Å². The Kier molecular flexibility index (Phi) is 9.19. The molecule has 5 heteroatoms. The van der Waals surface area contributed by atoms with Crippen molar-refractivity contribution >= 4 is 90.5 Å². The Bertz CT molecular complexity index is 3700. The number of fused-ring (bicyclic) bond motifs is 12. The highest BCUT2D eigenvalue weighted by Crippen LogP contribution is 2.62. The second-order valence-electron chi connectivity index (χ2n) is 26.7. The molecular formula is C68H72BN3O. The van der Waals surface area contributed by atoms with Crippen molar-refractivity contribution in [3.63, 3.8) is 0 Å². The zero-order valence-electron chi connectivity index (χ0n) is 45.5. The lowest BCUT2D eigenvalue weighted by Crippen LogP contribution is -2.62. The molecule has 1 aromatic heterocycles. The number of furan rings is 1. The van der Waals surface area contributed by atoms with Gasteiger partial charge in [-0.3, -0.25) is 0 Å². The Balaban J connectivity index is 1.09. The molecule has 0 bridgehead atoms. The molecule has 2 unspecified atom stereocenters. The SMILES string of the molecule is Cc1cc2c3c(c1)N(c1cccc4c1oc1ccccc14)c1cc(N4c5ccc(C)cc5C5(C)CCCCC45C)ccc1B3c1cc3c(cc1N2c1ccc2c(c1)C(C)(C)CCC2(C)C)C(C)(C)CCC3(C)C. The Labute approximate surface area is 434 Å². The van der Waals surface area contributed by atoms with Crippen LogP contribution in [0.4, 0.5) is 45.5 Å². The topological polar surface area (TPSA) is 22.9 Å². The fraction of sp³-hybridized carbons (Fsp3) is 0.382. The lowest BCUT2D eigenvalue weighted by Gasteiger charge is -2.51. The monoisotopic (exact) mass is 958 g/mol. The molecule has 2 atom stereocenters. The minimum Gasteiger partial charge on any atom is -0.454 e. The van der Waals surface area contributed by atoms with E-state index in [1.807, 2.05) is 0 Å². The van der Waals surface area contributed by atoms with E-state index in [0.29, 0.717) is 0 Å². The van der Waals surface area contributed by atoms with Crippen LogP contribution >= 0.6 is 0 Å². The molecule has 0 spiro atoms. The smallest absolute Gasteiger partial charge is 0.252 e. The molecule has 1 fully saturated rings. The van der Waals surface area contributed by atoms with Crippen molar-refractivity contribution in [3.05, 3.63) is 160 Å². The molecule has 6 aliphatic rings. The van der Waals surface area contributed by atoms with Crippen molar-refractivity contribution < 1.29 is 4.42 Å². The van der Waals surface area contributed by atoms with Crippen molar-refractivity contribution in [1.29, 1.82) is 0 Å². The summed E-state index contributed by atoms with van der Waals surface area (Å²) in [6.45, 7) is 29.5. The fourth-order valence-electron chi connectivity index (χ4n) is 15.7. The first kappa shape index (κ1) is 45.4. The van der Waals surface area contributed by atoms with Gasteiger partial charge in [0.15, 0.2) is 5.58 Å². The largest absolute Gasteiger partial charge is 0.454 e. The van der Waals surface area contributed by atoms with E-state index in [0.717, 1.165) is 34.0 Å². The molecule has 73 heavy (non-hydrogen) atoms. The summed E-state index contributed by atoms with van der Waals surface area (Å²) in [6.07, 6.45) is 9.56.